The SMILES string of the molecule is Cc1oc(C(C)C)cc1C(=O)NC1(CC(=O)O)CCOC1. The molecular weight excluding hydrogens is 274 g/mol. The first kappa shape index (κ1) is 15.6. The number of aryl methyl sites for hydroxylation is 1. The van der Waals surface area contributed by atoms with Gasteiger partial charge in [-0.25, -0.2) is 0 Å². The molecule has 1 atom stereocenters. The van der Waals surface area contributed by atoms with E-state index in [9.17, 15) is 9.59 Å². The molecule has 1 unspecified atom stereocenters. The zero-order chi connectivity index (χ0) is 15.6. The van der Waals surface area contributed by atoms with Gasteiger partial charge in [0.15, 0.2) is 0 Å². The lowest BCUT2D eigenvalue weighted by Gasteiger charge is -2.26. The van der Waals surface area contributed by atoms with Gasteiger partial charge in [0, 0.05) is 12.5 Å². The molecule has 0 saturated carbocycles. The Morgan fingerprint density at radius 3 is 2.67 bits per heavy atom. The van der Waals surface area contributed by atoms with Crippen molar-refractivity contribution in [2.45, 2.75) is 45.1 Å². The van der Waals surface area contributed by atoms with Gasteiger partial charge in [0.2, 0.25) is 0 Å². The topological polar surface area (TPSA) is 88.8 Å². The largest absolute Gasteiger partial charge is 0.481 e. The molecule has 0 aromatic carbocycles. The van der Waals surface area contributed by atoms with Gasteiger partial charge < -0.3 is 19.6 Å². The Labute approximate surface area is 123 Å². The van der Waals surface area contributed by atoms with Crippen LogP contribution in [0.4, 0.5) is 0 Å². The third-order valence-corrected chi connectivity index (χ3v) is 3.72. The maximum atomic E-state index is 12.4. The number of carboxylic acids is 1. The van der Waals surface area contributed by atoms with E-state index >= 15 is 0 Å². The fraction of sp³-hybridized carbons (Fsp3) is 0.600. The molecule has 2 heterocycles. The number of carboxylic acid groups (broad SMARTS) is 1. The molecule has 2 N–H and O–H groups in total. The van der Waals surface area contributed by atoms with Crippen LogP contribution < -0.4 is 5.32 Å². The van der Waals surface area contributed by atoms with Gasteiger partial charge in [0.1, 0.15) is 11.5 Å². The van der Waals surface area contributed by atoms with Crippen LogP contribution in [0.5, 0.6) is 0 Å². The fourth-order valence-electron chi connectivity index (χ4n) is 2.50. The van der Waals surface area contributed by atoms with Crippen molar-refractivity contribution in [2.24, 2.45) is 0 Å². The van der Waals surface area contributed by atoms with Crippen molar-refractivity contribution in [3.8, 4) is 0 Å². The van der Waals surface area contributed by atoms with Gasteiger partial charge >= 0.3 is 5.97 Å². The van der Waals surface area contributed by atoms with E-state index in [0.717, 1.165) is 5.76 Å². The van der Waals surface area contributed by atoms with E-state index in [1.807, 2.05) is 13.8 Å². The van der Waals surface area contributed by atoms with E-state index in [2.05, 4.69) is 5.32 Å². The number of hydrogen-bond donors (Lipinski definition) is 2. The molecule has 0 bridgehead atoms. The Morgan fingerprint density at radius 1 is 1.48 bits per heavy atom. The highest BCUT2D eigenvalue weighted by atomic mass is 16.5. The van der Waals surface area contributed by atoms with Crippen molar-refractivity contribution in [1.29, 1.82) is 0 Å². The van der Waals surface area contributed by atoms with E-state index in [0.29, 0.717) is 24.4 Å². The minimum atomic E-state index is -0.951. The average molecular weight is 295 g/mol. The molecule has 1 fully saturated rings. The summed E-state index contributed by atoms with van der Waals surface area (Å²) in [6, 6.07) is 1.72. The number of nitrogens with one attached hydrogen (secondary N) is 1. The number of aliphatic carboxylic acids is 1. The van der Waals surface area contributed by atoms with Crippen LogP contribution in [0, 0.1) is 6.92 Å². The second-order valence-electron chi connectivity index (χ2n) is 5.88. The van der Waals surface area contributed by atoms with Crippen molar-refractivity contribution in [3.05, 3.63) is 23.2 Å². The van der Waals surface area contributed by atoms with Gasteiger partial charge in [0.25, 0.3) is 5.91 Å². The molecule has 116 valence electrons. The molecule has 21 heavy (non-hydrogen) atoms. The molecule has 1 aromatic rings. The molecular formula is C15H21NO5. The van der Waals surface area contributed by atoms with Crippen molar-refractivity contribution < 1.29 is 23.8 Å². The van der Waals surface area contributed by atoms with Crippen LogP contribution in [0.3, 0.4) is 0 Å². The second-order valence-corrected chi connectivity index (χ2v) is 5.88. The third kappa shape index (κ3) is 3.44. The minimum Gasteiger partial charge on any atom is -0.481 e. The van der Waals surface area contributed by atoms with E-state index in [1.165, 1.54) is 0 Å². The molecule has 1 saturated heterocycles. The zero-order valence-corrected chi connectivity index (χ0v) is 12.6. The summed E-state index contributed by atoms with van der Waals surface area (Å²) in [6.07, 6.45) is 0.353. The molecule has 1 aliphatic heterocycles. The highest BCUT2D eigenvalue weighted by molar-refractivity contribution is 5.96. The predicted molar refractivity (Wildman–Crippen MR) is 75.4 cm³/mol. The van der Waals surface area contributed by atoms with Crippen LogP contribution >= 0.6 is 0 Å². The molecule has 0 radical (unpaired) electrons. The molecule has 0 spiro atoms. The monoisotopic (exact) mass is 295 g/mol. The van der Waals surface area contributed by atoms with Crippen LogP contribution in [0.25, 0.3) is 0 Å². The van der Waals surface area contributed by atoms with Gasteiger partial charge in [0.05, 0.1) is 24.1 Å². The summed E-state index contributed by atoms with van der Waals surface area (Å²) in [6.45, 7) is 6.37. The van der Waals surface area contributed by atoms with Crippen molar-refractivity contribution in [2.75, 3.05) is 13.2 Å². The Kier molecular flexibility index (Phi) is 4.37. The van der Waals surface area contributed by atoms with Crippen molar-refractivity contribution >= 4 is 11.9 Å². The summed E-state index contributed by atoms with van der Waals surface area (Å²) >= 11 is 0. The Balaban J connectivity index is 2.17. The molecule has 0 aliphatic carbocycles. The van der Waals surface area contributed by atoms with Gasteiger partial charge in [-0.2, -0.15) is 0 Å². The van der Waals surface area contributed by atoms with Crippen LogP contribution in [-0.4, -0.2) is 35.7 Å². The second kappa shape index (κ2) is 5.89. The number of hydrogen-bond acceptors (Lipinski definition) is 4. The minimum absolute atomic E-state index is 0.146. The Morgan fingerprint density at radius 2 is 2.19 bits per heavy atom. The van der Waals surface area contributed by atoms with Crippen LogP contribution in [0.2, 0.25) is 0 Å². The molecule has 1 aromatic heterocycles. The van der Waals surface area contributed by atoms with E-state index in [1.54, 1.807) is 13.0 Å². The first-order valence-corrected chi connectivity index (χ1v) is 7.05. The zero-order valence-electron chi connectivity index (χ0n) is 12.6. The maximum absolute atomic E-state index is 12.4. The van der Waals surface area contributed by atoms with E-state index in [-0.39, 0.29) is 24.9 Å². The van der Waals surface area contributed by atoms with Gasteiger partial charge in [-0.1, -0.05) is 13.8 Å². The Bertz CT molecular complexity index is 540. The lowest BCUT2D eigenvalue weighted by molar-refractivity contribution is -0.138. The van der Waals surface area contributed by atoms with Crippen LogP contribution in [-0.2, 0) is 9.53 Å². The molecule has 1 amide bonds. The average Bonchev–Trinajstić information content (AvgIpc) is 2.95. The summed E-state index contributed by atoms with van der Waals surface area (Å²) in [5, 5.41) is 11.9. The fourth-order valence-corrected chi connectivity index (χ4v) is 2.50. The quantitative estimate of drug-likeness (QED) is 0.868. The molecule has 1 aliphatic rings. The number of carbonyl (C=O) groups is 2. The summed E-state index contributed by atoms with van der Waals surface area (Å²) < 4.78 is 10.8. The summed E-state index contributed by atoms with van der Waals surface area (Å²) in [5.41, 5.74) is -0.375. The smallest absolute Gasteiger partial charge is 0.305 e. The summed E-state index contributed by atoms with van der Waals surface area (Å²) in [7, 11) is 0. The molecule has 6 nitrogen and oxygen atoms in total. The first-order chi connectivity index (χ1) is 9.83. The van der Waals surface area contributed by atoms with Gasteiger partial charge in [-0.05, 0) is 19.4 Å². The number of amides is 1. The maximum Gasteiger partial charge on any atom is 0.305 e. The lowest BCUT2D eigenvalue weighted by Crippen LogP contribution is -2.50. The lowest BCUT2D eigenvalue weighted by atomic mass is 9.93. The first-order valence-electron chi connectivity index (χ1n) is 7.05. The number of furan rings is 1. The number of carbonyl (C=O) groups excluding carboxylic acids is 1. The van der Waals surface area contributed by atoms with Crippen LogP contribution in [0.1, 0.15) is 54.5 Å². The van der Waals surface area contributed by atoms with E-state index < -0.39 is 11.5 Å². The predicted octanol–water partition coefficient (Wildman–Crippen LogP) is 2.08. The summed E-state index contributed by atoms with van der Waals surface area (Å²) in [4.78, 5) is 23.4. The van der Waals surface area contributed by atoms with Gasteiger partial charge in [-0.3, -0.25) is 9.59 Å². The number of rotatable bonds is 5. The molecule has 2 rings (SSSR count). The normalized spacial score (nSPS) is 21.7. The van der Waals surface area contributed by atoms with E-state index in [4.69, 9.17) is 14.3 Å². The van der Waals surface area contributed by atoms with Crippen molar-refractivity contribution in [1.82, 2.24) is 5.32 Å². The number of ether oxygens (including phenoxy) is 1. The highest BCUT2D eigenvalue weighted by Crippen LogP contribution is 2.26. The molecule has 6 heteroatoms. The van der Waals surface area contributed by atoms with Gasteiger partial charge in [-0.15, -0.1) is 0 Å². The highest BCUT2D eigenvalue weighted by Gasteiger charge is 2.39. The Hall–Kier alpha value is -1.82. The third-order valence-electron chi connectivity index (χ3n) is 3.72. The van der Waals surface area contributed by atoms with Crippen molar-refractivity contribution in [3.63, 3.8) is 0 Å². The van der Waals surface area contributed by atoms with Crippen LogP contribution in [0.15, 0.2) is 10.5 Å². The standard InChI is InChI=1S/C15H21NO5/c1-9(2)12-6-11(10(3)21-12)14(19)16-15(7-13(17)18)4-5-20-8-15/h6,9H,4-5,7-8H2,1-3H3,(H,16,19)(H,17,18). The summed E-state index contributed by atoms with van der Waals surface area (Å²) in [5.74, 6) is 0.212.